The molecule has 1 atom stereocenters. The Morgan fingerprint density at radius 1 is 1.28 bits per heavy atom. The van der Waals surface area contributed by atoms with Crippen LogP contribution >= 0.6 is 0 Å². The van der Waals surface area contributed by atoms with Crippen LogP contribution < -0.4 is 5.32 Å². The van der Waals surface area contributed by atoms with Gasteiger partial charge in [-0.15, -0.1) is 0 Å². The molecule has 0 aromatic carbocycles. The van der Waals surface area contributed by atoms with E-state index in [0.717, 1.165) is 6.54 Å². The molecule has 0 bridgehead atoms. The molecule has 3 nitrogen and oxygen atoms in total. The van der Waals surface area contributed by atoms with Crippen LogP contribution in [0.2, 0.25) is 0 Å². The van der Waals surface area contributed by atoms with Gasteiger partial charge in [0.15, 0.2) is 0 Å². The zero-order valence-corrected chi connectivity index (χ0v) is 13.1. The van der Waals surface area contributed by atoms with Gasteiger partial charge in [0.25, 0.3) is 0 Å². The van der Waals surface area contributed by atoms with Gasteiger partial charge < -0.3 is 15.1 Å². The van der Waals surface area contributed by atoms with Gasteiger partial charge in [-0.3, -0.25) is 0 Å². The molecule has 1 N–H and O–H groups in total. The quantitative estimate of drug-likeness (QED) is 0.717. The summed E-state index contributed by atoms with van der Waals surface area (Å²) in [7, 11) is 2.25. The summed E-state index contributed by atoms with van der Waals surface area (Å²) in [5.74, 6) is 0. The van der Waals surface area contributed by atoms with Crippen molar-refractivity contribution in [3.8, 4) is 0 Å². The highest BCUT2D eigenvalue weighted by atomic mass is 15.2. The van der Waals surface area contributed by atoms with Crippen molar-refractivity contribution in [2.24, 2.45) is 0 Å². The topological polar surface area (TPSA) is 18.5 Å². The fourth-order valence-corrected chi connectivity index (χ4v) is 2.23. The van der Waals surface area contributed by atoms with E-state index in [-0.39, 0.29) is 5.54 Å². The van der Waals surface area contributed by atoms with Gasteiger partial charge in [0, 0.05) is 31.2 Å². The Morgan fingerprint density at radius 3 is 2.44 bits per heavy atom. The molecule has 1 aliphatic heterocycles. The number of rotatable bonds is 8. The maximum absolute atomic E-state index is 3.66. The Labute approximate surface area is 114 Å². The molecule has 0 aromatic heterocycles. The van der Waals surface area contributed by atoms with Crippen molar-refractivity contribution < 1.29 is 0 Å². The highest BCUT2D eigenvalue weighted by Crippen LogP contribution is 2.09. The molecular weight excluding hydrogens is 222 g/mol. The zero-order chi connectivity index (χ0) is 13.6. The number of likely N-dealkylation sites (tertiary alicyclic amines) is 1. The van der Waals surface area contributed by atoms with Gasteiger partial charge in [-0.1, -0.05) is 6.92 Å². The standard InChI is InChI=1S/C15H33N3/c1-6-15(3,4)16-13-14(2)17(5)11-12-18-9-7-8-10-18/h14,16H,6-13H2,1-5H3. The van der Waals surface area contributed by atoms with Gasteiger partial charge in [0.1, 0.15) is 0 Å². The van der Waals surface area contributed by atoms with Gasteiger partial charge in [-0.2, -0.15) is 0 Å². The third-order valence-corrected chi connectivity index (χ3v) is 4.48. The number of likely N-dealkylation sites (N-methyl/N-ethyl adjacent to an activating group) is 1. The zero-order valence-electron chi connectivity index (χ0n) is 13.1. The molecule has 0 aromatic rings. The lowest BCUT2D eigenvalue weighted by atomic mass is 10.0. The molecule has 0 amide bonds. The molecule has 1 rings (SSSR count). The maximum atomic E-state index is 3.66. The van der Waals surface area contributed by atoms with E-state index >= 15 is 0 Å². The second-order valence-corrected chi connectivity index (χ2v) is 6.50. The summed E-state index contributed by atoms with van der Waals surface area (Å²) in [4.78, 5) is 5.07. The predicted molar refractivity (Wildman–Crippen MR) is 80.1 cm³/mol. The molecule has 0 spiro atoms. The third kappa shape index (κ3) is 5.68. The Kier molecular flexibility index (Phi) is 6.61. The van der Waals surface area contributed by atoms with Crippen LogP contribution in [-0.4, -0.2) is 61.2 Å². The second kappa shape index (κ2) is 7.46. The van der Waals surface area contributed by atoms with E-state index in [1.54, 1.807) is 0 Å². The average molecular weight is 255 g/mol. The molecule has 3 heteroatoms. The first-order valence-electron chi connectivity index (χ1n) is 7.62. The van der Waals surface area contributed by atoms with E-state index in [9.17, 15) is 0 Å². The minimum atomic E-state index is 0.268. The lowest BCUT2D eigenvalue weighted by molar-refractivity contribution is 0.200. The normalized spacial score (nSPS) is 19.7. The predicted octanol–water partition coefficient (Wildman–Crippen LogP) is 2.18. The van der Waals surface area contributed by atoms with Gasteiger partial charge in [0.2, 0.25) is 0 Å². The molecule has 1 saturated heterocycles. The summed E-state index contributed by atoms with van der Waals surface area (Å²) in [6.07, 6.45) is 3.97. The van der Waals surface area contributed by atoms with Crippen molar-refractivity contribution in [3.05, 3.63) is 0 Å². The summed E-state index contributed by atoms with van der Waals surface area (Å²) in [5, 5.41) is 3.66. The van der Waals surface area contributed by atoms with Crippen LogP contribution in [0.25, 0.3) is 0 Å². The molecule has 1 aliphatic rings. The molecule has 1 fully saturated rings. The van der Waals surface area contributed by atoms with E-state index in [4.69, 9.17) is 0 Å². The molecule has 0 aliphatic carbocycles. The fraction of sp³-hybridized carbons (Fsp3) is 1.00. The minimum absolute atomic E-state index is 0.268. The molecule has 18 heavy (non-hydrogen) atoms. The van der Waals surface area contributed by atoms with Crippen molar-refractivity contribution in [1.29, 1.82) is 0 Å². The van der Waals surface area contributed by atoms with E-state index in [2.05, 4.69) is 49.9 Å². The Morgan fingerprint density at radius 2 is 1.89 bits per heavy atom. The van der Waals surface area contributed by atoms with Gasteiger partial charge in [-0.05, 0) is 60.2 Å². The summed E-state index contributed by atoms with van der Waals surface area (Å²) in [6.45, 7) is 15.3. The number of nitrogens with zero attached hydrogens (tertiary/aromatic N) is 2. The second-order valence-electron chi connectivity index (χ2n) is 6.50. The van der Waals surface area contributed by atoms with E-state index in [1.807, 2.05) is 0 Å². The smallest absolute Gasteiger partial charge is 0.0190 e. The number of hydrogen-bond acceptors (Lipinski definition) is 3. The Balaban J connectivity index is 2.17. The van der Waals surface area contributed by atoms with Crippen LogP contribution in [-0.2, 0) is 0 Å². The first-order chi connectivity index (χ1) is 8.44. The van der Waals surface area contributed by atoms with Crippen molar-refractivity contribution >= 4 is 0 Å². The fourth-order valence-electron chi connectivity index (χ4n) is 2.23. The summed E-state index contributed by atoms with van der Waals surface area (Å²) in [5.41, 5.74) is 0.268. The molecule has 1 heterocycles. The molecule has 0 saturated carbocycles. The first-order valence-corrected chi connectivity index (χ1v) is 7.62. The monoisotopic (exact) mass is 255 g/mol. The Bertz CT molecular complexity index is 222. The van der Waals surface area contributed by atoms with Crippen molar-refractivity contribution in [3.63, 3.8) is 0 Å². The largest absolute Gasteiger partial charge is 0.310 e. The van der Waals surface area contributed by atoms with E-state index in [1.165, 1.54) is 45.4 Å². The lowest BCUT2D eigenvalue weighted by Gasteiger charge is -2.31. The van der Waals surface area contributed by atoms with Gasteiger partial charge >= 0.3 is 0 Å². The molecule has 0 radical (unpaired) electrons. The SMILES string of the molecule is CCC(C)(C)NCC(C)N(C)CCN1CCCC1. The van der Waals surface area contributed by atoms with E-state index < -0.39 is 0 Å². The van der Waals surface area contributed by atoms with Crippen LogP contribution in [0.3, 0.4) is 0 Å². The summed E-state index contributed by atoms with van der Waals surface area (Å²) in [6, 6.07) is 0.610. The molecular formula is C15H33N3. The molecule has 108 valence electrons. The van der Waals surface area contributed by atoms with Crippen molar-refractivity contribution in [1.82, 2.24) is 15.1 Å². The van der Waals surface area contributed by atoms with Crippen molar-refractivity contribution in [2.75, 3.05) is 39.8 Å². The lowest BCUT2D eigenvalue weighted by Crippen LogP contribution is -2.47. The number of nitrogens with one attached hydrogen (secondary N) is 1. The molecule has 1 unspecified atom stereocenters. The average Bonchev–Trinajstić information content (AvgIpc) is 2.86. The van der Waals surface area contributed by atoms with Crippen LogP contribution in [0.4, 0.5) is 0 Å². The van der Waals surface area contributed by atoms with Crippen molar-refractivity contribution in [2.45, 2.75) is 58.5 Å². The minimum Gasteiger partial charge on any atom is -0.310 e. The third-order valence-electron chi connectivity index (χ3n) is 4.48. The summed E-state index contributed by atoms with van der Waals surface area (Å²) >= 11 is 0. The Hall–Kier alpha value is -0.120. The highest BCUT2D eigenvalue weighted by Gasteiger charge is 2.18. The van der Waals surface area contributed by atoms with Crippen LogP contribution in [0.1, 0.15) is 47.0 Å². The van der Waals surface area contributed by atoms with E-state index in [0.29, 0.717) is 6.04 Å². The maximum Gasteiger partial charge on any atom is 0.0190 e. The number of hydrogen-bond donors (Lipinski definition) is 1. The van der Waals surface area contributed by atoms with Crippen LogP contribution in [0.15, 0.2) is 0 Å². The van der Waals surface area contributed by atoms with Crippen LogP contribution in [0.5, 0.6) is 0 Å². The highest BCUT2D eigenvalue weighted by molar-refractivity contribution is 4.79. The summed E-state index contributed by atoms with van der Waals surface area (Å²) < 4.78 is 0. The van der Waals surface area contributed by atoms with Crippen LogP contribution in [0, 0.1) is 0 Å². The van der Waals surface area contributed by atoms with Gasteiger partial charge in [0.05, 0.1) is 0 Å². The van der Waals surface area contributed by atoms with Gasteiger partial charge in [-0.25, -0.2) is 0 Å². The first kappa shape index (κ1) is 15.9.